The minimum atomic E-state index is -0.139. The minimum absolute atomic E-state index is 0.139. The zero-order valence-corrected chi connectivity index (χ0v) is 15.7. The lowest BCUT2D eigenvalue weighted by atomic mass is 9.97. The molecular formula is C23H20N3O2+. The summed E-state index contributed by atoms with van der Waals surface area (Å²) >= 11 is 0. The van der Waals surface area contributed by atoms with E-state index in [1.807, 2.05) is 43.5 Å². The highest BCUT2D eigenvalue weighted by molar-refractivity contribution is 6.05. The van der Waals surface area contributed by atoms with Gasteiger partial charge in [0.05, 0.1) is 0 Å². The Morgan fingerprint density at radius 3 is 2.50 bits per heavy atom. The van der Waals surface area contributed by atoms with E-state index in [2.05, 4.69) is 34.3 Å². The summed E-state index contributed by atoms with van der Waals surface area (Å²) in [4.78, 5) is 19.4. The van der Waals surface area contributed by atoms with Gasteiger partial charge in [-0.25, -0.2) is 0 Å². The van der Waals surface area contributed by atoms with Gasteiger partial charge in [-0.3, -0.25) is 9.78 Å². The minimum Gasteiger partial charge on any atom is -0.404 e. The maximum atomic E-state index is 12.5. The van der Waals surface area contributed by atoms with Crippen LogP contribution in [0.15, 0.2) is 77.9 Å². The van der Waals surface area contributed by atoms with Crippen LogP contribution in [0, 0.1) is 13.8 Å². The van der Waals surface area contributed by atoms with Crippen LogP contribution in [-0.2, 0) is 0 Å². The molecule has 5 heteroatoms. The van der Waals surface area contributed by atoms with Gasteiger partial charge in [-0.05, 0) is 60.4 Å². The van der Waals surface area contributed by atoms with E-state index >= 15 is 0 Å². The molecule has 5 nitrogen and oxygen atoms in total. The maximum Gasteiger partial charge on any atom is 0.333 e. The third kappa shape index (κ3) is 3.55. The quantitative estimate of drug-likeness (QED) is 0.566. The number of hydrogen-bond acceptors (Lipinski definition) is 3. The molecule has 0 atom stereocenters. The summed E-state index contributed by atoms with van der Waals surface area (Å²) in [5.41, 5.74) is 6.59. The number of aromatic amines is 1. The Kier molecular flexibility index (Phi) is 4.72. The van der Waals surface area contributed by atoms with E-state index in [0.29, 0.717) is 5.56 Å². The van der Waals surface area contributed by atoms with Gasteiger partial charge < -0.3 is 9.73 Å². The molecule has 28 heavy (non-hydrogen) atoms. The summed E-state index contributed by atoms with van der Waals surface area (Å²) in [5, 5.41) is 2.94. The van der Waals surface area contributed by atoms with Crippen LogP contribution < -0.4 is 10.3 Å². The molecule has 0 radical (unpaired) electrons. The van der Waals surface area contributed by atoms with Crippen molar-refractivity contribution in [3.63, 3.8) is 0 Å². The molecule has 2 heterocycles. The average Bonchev–Trinajstić information content (AvgIpc) is 3.24. The molecule has 138 valence electrons. The Hall–Kier alpha value is -3.73. The molecule has 0 aliphatic carbocycles. The zero-order chi connectivity index (χ0) is 19.5. The molecule has 1 amide bonds. The number of benzene rings is 2. The largest absolute Gasteiger partial charge is 0.404 e. The van der Waals surface area contributed by atoms with Crippen molar-refractivity contribution >= 4 is 11.6 Å². The average molecular weight is 370 g/mol. The first-order chi connectivity index (χ1) is 13.6. The number of carbonyl (C=O) groups is 1. The summed E-state index contributed by atoms with van der Waals surface area (Å²) < 4.78 is 5.46. The van der Waals surface area contributed by atoms with Crippen LogP contribution in [0.5, 0.6) is 0 Å². The maximum absolute atomic E-state index is 12.5. The van der Waals surface area contributed by atoms with Crippen molar-refractivity contribution < 1.29 is 14.2 Å². The van der Waals surface area contributed by atoms with Crippen molar-refractivity contribution in [3.05, 3.63) is 90.2 Å². The van der Waals surface area contributed by atoms with E-state index in [0.717, 1.165) is 33.7 Å². The molecule has 4 rings (SSSR count). The molecule has 0 unspecified atom stereocenters. The molecule has 0 aliphatic heterocycles. The van der Waals surface area contributed by atoms with E-state index in [4.69, 9.17) is 4.42 Å². The van der Waals surface area contributed by atoms with Crippen molar-refractivity contribution in [2.24, 2.45) is 0 Å². The lowest BCUT2D eigenvalue weighted by molar-refractivity contribution is -0.383. The molecule has 0 bridgehead atoms. The van der Waals surface area contributed by atoms with E-state index < -0.39 is 0 Å². The number of amides is 1. The van der Waals surface area contributed by atoms with E-state index in [9.17, 15) is 4.79 Å². The lowest BCUT2D eigenvalue weighted by Crippen LogP contribution is -2.13. The predicted octanol–water partition coefficient (Wildman–Crippen LogP) is 4.69. The standard InChI is InChI=1S/C23H19N3O2/c1-15-3-4-18(22-13-25-14-28-22)11-21(15)17-5-7-19(8-6-17)26-23(27)20-9-10-24-12-16(20)2/h3-14H,1-2H3,(H,26,27)/p+1. The Labute approximate surface area is 163 Å². The van der Waals surface area contributed by atoms with Gasteiger partial charge >= 0.3 is 6.39 Å². The molecular weight excluding hydrogens is 350 g/mol. The van der Waals surface area contributed by atoms with Crippen LogP contribution in [0.25, 0.3) is 22.5 Å². The van der Waals surface area contributed by atoms with Gasteiger partial charge in [0.25, 0.3) is 5.91 Å². The number of nitrogens with zero attached hydrogens (tertiary/aromatic N) is 1. The van der Waals surface area contributed by atoms with Crippen LogP contribution in [0.1, 0.15) is 21.5 Å². The van der Waals surface area contributed by atoms with Gasteiger partial charge in [0.1, 0.15) is 0 Å². The first kappa shape index (κ1) is 17.7. The molecule has 2 aromatic heterocycles. The topological polar surface area (TPSA) is 69.3 Å². The van der Waals surface area contributed by atoms with E-state index in [1.54, 1.807) is 24.9 Å². The van der Waals surface area contributed by atoms with Crippen molar-refractivity contribution in [2.75, 3.05) is 5.32 Å². The van der Waals surface area contributed by atoms with Crippen molar-refractivity contribution in [2.45, 2.75) is 13.8 Å². The molecule has 0 spiro atoms. The number of H-pyrrole nitrogens is 1. The van der Waals surface area contributed by atoms with Crippen LogP contribution >= 0.6 is 0 Å². The molecule has 0 aliphatic rings. The molecule has 0 fully saturated rings. The number of aryl methyl sites for hydroxylation is 2. The molecule has 0 saturated heterocycles. The summed E-state index contributed by atoms with van der Waals surface area (Å²) in [7, 11) is 0. The summed E-state index contributed by atoms with van der Waals surface area (Å²) in [6.45, 7) is 3.95. The van der Waals surface area contributed by atoms with E-state index in [-0.39, 0.29) is 5.91 Å². The third-order valence-electron chi connectivity index (χ3n) is 4.71. The van der Waals surface area contributed by atoms with Gasteiger partial charge in [-0.1, -0.05) is 24.3 Å². The van der Waals surface area contributed by atoms with Crippen molar-refractivity contribution in [1.29, 1.82) is 0 Å². The molecule has 2 N–H and O–H groups in total. The second-order valence-electron chi connectivity index (χ2n) is 6.66. The number of rotatable bonds is 4. The molecule has 2 aromatic carbocycles. The Balaban J connectivity index is 1.58. The summed E-state index contributed by atoms with van der Waals surface area (Å²) in [5.74, 6) is 0.651. The highest BCUT2D eigenvalue weighted by atomic mass is 16.3. The van der Waals surface area contributed by atoms with Crippen molar-refractivity contribution in [3.8, 4) is 22.5 Å². The second kappa shape index (κ2) is 7.48. The Morgan fingerprint density at radius 1 is 1.00 bits per heavy atom. The van der Waals surface area contributed by atoms with Crippen LogP contribution in [-0.4, -0.2) is 10.9 Å². The highest BCUT2D eigenvalue weighted by Crippen LogP contribution is 2.29. The highest BCUT2D eigenvalue weighted by Gasteiger charge is 2.11. The monoisotopic (exact) mass is 370 g/mol. The van der Waals surface area contributed by atoms with E-state index in [1.165, 1.54) is 5.56 Å². The van der Waals surface area contributed by atoms with Gasteiger partial charge in [0.15, 0.2) is 0 Å². The fraction of sp³-hybridized carbons (Fsp3) is 0.0870. The predicted molar refractivity (Wildman–Crippen MR) is 108 cm³/mol. The SMILES string of the molecule is Cc1cnccc1C(=O)Nc1ccc(-c2cc(-c3c[nH+]co3)ccc2C)cc1. The van der Waals surface area contributed by atoms with Crippen LogP contribution in [0.2, 0.25) is 0 Å². The number of nitrogens with one attached hydrogen (secondary N) is 2. The van der Waals surface area contributed by atoms with Crippen LogP contribution in [0.3, 0.4) is 0 Å². The van der Waals surface area contributed by atoms with Gasteiger partial charge in [-0.2, -0.15) is 4.98 Å². The fourth-order valence-corrected chi connectivity index (χ4v) is 3.14. The lowest BCUT2D eigenvalue weighted by Gasteiger charge is -2.10. The summed E-state index contributed by atoms with van der Waals surface area (Å²) in [6.07, 6.45) is 6.69. The molecule has 4 aromatic rings. The number of hydrogen-bond donors (Lipinski definition) is 1. The first-order valence-electron chi connectivity index (χ1n) is 9.00. The van der Waals surface area contributed by atoms with Gasteiger partial charge in [-0.15, -0.1) is 0 Å². The zero-order valence-electron chi connectivity index (χ0n) is 15.7. The smallest absolute Gasteiger partial charge is 0.333 e. The van der Waals surface area contributed by atoms with Crippen LogP contribution in [0.4, 0.5) is 5.69 Å². The molecule has 0 saturated carbocycles. The number of anilines is 1. The Morgan fingerprint density at radius 2 is 1.79 bits per heavy atom. The summed E-state index contributed by atoms with van der Waals surface area (Å²) in [6, 6.07) is 15.8. The number of aromatic nitrogens is 2. The fourth-order valence-electron chi connectivity index (χ4n) is 3.14. The number of oxazole rings is 1. The van der Waals surface area contributed by atoms with Crippen molar-refractivity contribution in [1.82, 2.24) is 4.98 Å². The second-order valence-corrected chi connectivity index (χ2v) is 6.66. The first-order valence-corrected chi connectivity index (χ1v) is 9.00. The Bertz CT molecular complexity index is 1120. The third-order valence-corrected chi connectivity index (χ3v) is 4.71. The number of carbonyl (C=O) groups excluding carboxylic acids is 1. The van der Waals surface area contributed by atoms with Gasteiger partial charge in [0.2, 0.25) is 12.0 Å². The number of pyridine rings is 1. The van der Waals surface area contributed by atoms with Gasteiger partial charge in [0, 0.05) is 29.2 Å². The normalized spacial score (nSPS) is 10.6.